The summed E-state index contributed by atoms with van der Waals surface area (Å²) in [5.41, 5.74) is 0. The van der Waals surface area contributed by atoms with Gasteiger partial charge in [-0.1, -0.05) is 6.92 Å². The predicted octanol–water partition coefficient (Wildman–Crippen LogP) is 1.78. The third kappa shape index (κ3) is 5.76. The summed E-state index contributed by atoms with van der Waals surface area (Å²) in [6.45, 7) is 6.13. The van der Waals surface area contributed by atoms with Crippen LogP contribution in [0.3, 0.4) is 0 Å². The molecule has 0 bridgehead atoms. The first-order valence-electron chi connectivity index (χ1n) is 3.81. The summed E-state index contributed by atoms with van der Waals surface area (Å²) in [5.74, 6) is 0. The minimum Gasteiger partial charge on any atom is -0.370 e. The molecular formula is C8H16O2. The number of carbonyl (C=O) groups is 1. The van der Waals surface area contributed by atoms with Crippen LogP contribution < -0.4 is 0 Å². The molecule has 1 fully saturated rings. The molecule has 0 radical (unpaired) electrons. The van der Waals surface area contributed by atoms with Crippen molar-refractivity contribution in [1.29, 1.82) is 0 Å². The van der Waals surface area contributed by atoms with Crippen molar-refractivity contribution in [2.75, 3.05) is 0 Å². The maximum Gasteiger partial charge on any atom is 0.119 e. The molecule has 2 atom stereocenters. The first-order valence-corrected chi connectivity index (χ1v) is 3.81. The van der Waals surface area contributed by atoms with Crippen molar-refractivity contribution in [2.24, 2.45) is 0 Å². The Balaban J connectivity index is 0.000000162. The highest BCUT2D eigenvalue weighted by Gasteiger charge is 2.27. The van der Waals surface area contributed by atoms with Gasteiger partial charge < -0.3 is 9.53 Å². The average Bonchev–Trinajstić information content (AvgIpc) is 2.49. The van der Waals surface area contributed by atoms with E-state index in [0.29, 0.717) is 18.6 Å². The Morgan fingerprint density at radius 1 is 1.40 bits per heavy atom. The molecule has 2 heteroatoms. The molecule has 0 spiro atoms. The minimum atomic E-state index is 0.551. The lowest BCUT2D eigenvalue weighted by molar-refractivity contribution is -0.107. The van der Waals surface area contributed by atoms with Crippen LogP contribution >= 0.6 is 0 Å². The van der Waals surface area contributed by atoms with E-state index in [9.17, 15) is 4.79 Å². The zero-order valence-electron chi connectivity index (χ0n) is 6.96. The van der Waals surface area contributed by atoms with Gasteiger partial charge in [-0.25, -0.2) is 0 Å². The fourth-order valence-electron chi connectivity index (χ4n) is 0.411. The highest BCUT2D eigenvalue weighted by atomic mass is 16.6. The standard InChI is InChI=1S/2C4H8O/c1-3-4(2)5-3;1-2-3-4-5/h3-4H,1-2H3;4H,2-3H2,1H3. The van der Waals surface area contributed by atoms with Gasteiger partial charge >= 0.3 is 0 Å². The van der Waals surface area contributed by atoms with E-state index in [1.54, 1.807) is 0 Å². The Morgan fingerprint density at radius 2 is 1.80 bits per heavy atom. The number of ether oxygens (including phenoxy) is 1. The van der Waals surface area contributed by atoms with Crippen LogP contribution in [0.1, 0.15) is 33.6 Å². The lowest BCUT2D eigenvalue weighted by atomic mass is 10.4. The van der Waals surface area contributed by atoms with E-state index in [2.05, 4.69) is 13.8 Å². The molecule has 2 nitrogen and oxygen atoms in total. The molecule has 1 saturated heterocycles. The number of carbonyl (C=O) groups excluding carboxylic acids is 1. The fraction of sp³-hybridized carbons (Fsp3) is 0.875. The van der Waals surface area contributed by atoms with E-state index < -0.39 is 0 Å². The molecule has 0 aliphatic carbocycles. The molecule has 0 saturated carbocycles. The van der Waals surface area contributed by atoms with Crippen molar-refractivity contribution < 1.29 is 9.53 Å². The molecule has 2 unspecified atom stereocenters. The second-order valence-corrected chi connectivity index (χ2v) is 2.50. The van der Waals surface area contributed by atoms with E-state index in [-0.39, 0.29) is 0 Å². The quantitative estimate of drug-likeness (QED) is 0.436. The van der Waals surface area contributed by atoms with Crippen molar-refractivity contribution in [2.45, 2.75) is 45.8 Å². The molecule has 0 amide bonds. The molecule has 1 rings (SSSR count). The fourth-order valence-corrected chi connectivity index (χ4v) is 0.411. The van der Waals surface area contributed by atoms with Crippen molar-refractivity contribution in [3.05, 3.63) is 0 Å². The Kier molecular flexibility index (Phi) is 5.22. The highest BCUT2D eigenvalue weighted by Crippen LogP contribution is 2.18. The number of epoxide rings is 1. The van der Waals surface area contributed by atoms with Crippen LogP contribution in [0.15, 0.2) is 0 Å². The topological polar surface area (TPSA) is 29.6 Å². The van der Waals surface area contributed by atoms with Gasteiger partial charge in [0.15, 0.2) is 0 Å². The van der Waals surface area contributed by atoms with E-state index in [4.69, 9.17) is 4.74 Å². The monoisotopic (exact) mass is 144 g/mol. The largest absolute Gasteiger partial charge is 0.370 e. The second kappa shape index (κ2) is 5.42. The van der Waals surface area contributed by atoms with E-state index in [1.807, 2.05) is 6.92 Å². The van der Waals surface area contributed by atoms with Gasteiger partial charge in [-0.2, -0.15) is 0 Å². The Morgan fingerprint density at radius 3 is 1.80 bits per heavy atom. The highest BCUT2D eigenvalue weighted by molar-refractivity contribution is 5.48. The maximum absolute atomic E-state index is 9.40. The number of hydrogen-bond acceptors (Lipinski definition) is 2. The first kappa shape index (κ1) is 9.63. The summed E-state index contributed by atoms with van der Waals surface area (Å²) in [7, 11) is 0. The lowest BCUT2D eigenvalue weighted by Crippen LogP contribution is -1.74. The van der Waals surface area contributed by atoms with Crippen LogP contribution in [0.2, 0.25) is 0 Å². The van der Waals surface area contributed by atoms with Crippen molar-refractivity contribution in [1.82, 2.24) is 0 Å². The summed E-state index contributed by atoms with van der Waals surface area (Å²) in [4.78, 5) is 9.40. The number of unbranched alkanes of at least 4 members (excludes halogenated alkanes) is 1. The Bertz CT molecular complexity index is 85.3. The van der Waals surface area contributed by atoms with Crippen molar-refractivity contribution in [3.63, 3.8) is 0 Å². The zero-order valence-corrected chi connectivity index (χ0v) is 6.96. The molecule has 0 aromatic carbocycles. The normalized spacial score (nSPS) is 28.3. The molecule has 1 aliphatic rings. The van der Waals surface area contributed by atoms with Gasteiger partial charge in [-0.15, -0.1) is 0 Å². The van der Waals surface area contributed by atoms with Gasteiger partial charge in [-0.05, 0) is 20.3 Å². The van der Waals surface area contributed by atoms with Crippen LogP contribution in [0.25, 0.3) is 0 Å². The van der Waals surface area contributed by atoms with Crippen molar-refractivity contribution >= 4 is 6.29 Å². The van der Waals surface area contributed by atoms with Crippen LogP contribution in [-0.4, -0.2) is 18.5 Å². The maximum atomic E-state index is 9.40. The zero-order chi connectivity index (χ0) is 7.98. The molecular weight excluding hydrogens is 128 g/mol. The summed E-state index contributed by atoms with van der Waals surface area (Å²) in [6, 6.07) is 0. The average molecular weight is 144 g/mol. The Hall–Kier alpha value is -0.370. The minimum absolute atomic E-state index is 0.551. The van der Waals surface area contributed by atoms with Gasteiger partial charge in [-0.3, -0.25) is 0 Å². The van der Waals surface area contributed by atoms with Gasteiger partial charge in [0.05, 0.1) is 12.2 Å². The third-order valence-electron chi connectivity index (χ3n) is 1.42. The molecule has 10 heavy (non-hydrogen) atoms. The smallest absolute Gasteiger partial charge is 0.119 e. The summed E-state index contributed by atoms with van der Waals surface area (Å²) >= 11 is 0. The Labute approximate surface area is 62.6 Å². The second-order valence-electron chi connectivity index (χ2n) is 2.50. The van der Waals surface area contributed by atoms with Crippen LogP contribution in [0.4, 0.5) is 0 Å². The third-order valence-corrected chi connectivity index (χ3v) is 1.42. The van der Waals surface area contributed by atoms with E-state index >= 15 is 0 Å². The summed E-state index contributed by atoms with van der Waals surface area (Å²) in [6.07, 6.45) is 3.72. The number of aldehydes is 1. The van der Waals surface area contributed by atoms with Crippen LogP contribution in [-0.2, 0) is 9.53 Å². The molecule has 1 aliphatic heterocycles. The lowest BCUT2D eigenvalue weighted by Gasteiger charge is -1.68. The molecule has 1 heterocycles. The van der Waals surface area contributed by atoms with Crippen LogP contribution in [0, 0.1) is 0 Å². The van der Waals surface area contributed by atoms with Gasteiger partial charge in [0.25, 0.3) is 0 Å². The molecule has 0 aromatic heterocycles. The SMILES string of the molecule is CC1OC1C.CCCC=O. The summed E-state index contributed by atoms with van der Waals surface area (Å²) in [5, 5.41) is 0. The molecule has 0 N–H and O–H groups in total. The summed E-state index contributed by atoms with van der Waals surface area (Å²) < 4.78 is 4.92. The van der Waals surface area contributed by atoms with E-state index in [0.717, 1.165) is 12.7 Å². The first-order chi connectivity index (χ1) is 4.72. The van der Waals surface area contributed by atoms with Gasteiger partial charge in [0.1, 0.15) is 6.29 Å². The number of rotatable bonds is 2. The molecule has 0 aromatic rings. The van der Waals surface area contributed by atoms with Crippen LogP contribution in [0.5, 0.6) is 0 Å². The number of hydrogen-bond donors (Lipinski definition) is 0. The van der Waals surface area contributed by atoms with Crippen molar-refractivity contribution in [3.8, 4) is 0 Å². The molecule has 60 valence electrons. The predicted molar refractivity (Wildman–Crippen MR) is 41.0 cm³/mol. The van der Waals surface area contributed by atoms with Gasteiger partial charge in [0, 0.05) is 6.42 Å². The van der Waals surface area contributed by atoms with Gasteiger partial charge in [0.2, 0.25) is 0 Å². The van der Waals surface area contributed by atoms with E-state index in [1.165, 1.54) is 0 Å².